The van der Waals surface area contributed by atoms with Gasteiger partial charge in [0, 0.05) is 24.2 Å². The first-order valence-electron chi connectivity index (χ1n) is 11.5. The van der Waals surface area contributed by atoms with Gasteiger partial charge in [0.15, 0.2) is 12.0 Å². The summed E-state index contributed by atoms with van der Waals surface area (Å²) in [7, 11) is 0. The quantitative estimate of drug-likeness (QED) is 0.396. The van der Waals surface area contributed by atoms with E-state index in [9.17, 15) is 4.79 Å². The smallest absolute Gasteiger partial charge is 0.264 e. The zero-order chi connectivity index (χ0) is 23.4. The Balaban J connectivity index is 1.49. The SMILES string of the molecule is Cc1cc(OC(C)C(=O)N(Cc2ccco2)Cc2ccc(N3CCCCC3)o2)cc(C)c1Cl. The number of nitrogens with zero attached hydrogens (tertiary/aromatic N) is 2. The molecule has 4 rings (SSSR count). The van der Waals surface area contributed by atoms with Crippen LogP contribution in [-0.4, -0.2) is 30.0 Å². The minimum Gasteiger partial charge on any atom is -0.481 e. The van der Waals surface area contributed by atoms with Crippen molar-refractivity contribution in [1.29, 1.82) is 0 Å². The summed E-state index contributed by atoms with van der Waals surface area (Å²) < 4.78 is 17.6. The summed E-state index contributed by atoms with van der Waals surface area (Å²) in [5.41, 5.74) is 1.83. The van der Waals surface area contributed by atoms with Crippen molar-refractivity contribution in [3.05, 3.63) is 70.3 Å². The Morgan fingerprint density at radius 2 is 1.79 bits per heavy atom. The van der Waals surface area contributed by atoms with Crippen LogP contribution in [0.3, 0.4) is 0 Å². The van der Waals surface area contributed by atoms with Crippen LogP contribution in [0.5, 0.6) is 5.75 Å². The van der Waals surface area contributed by atoms with Gasteiger partial charge in [-0.25, -0.2) is 0 Å². The fraction of sp³-hybridized carbons (Fsp3) is 0.423. The summed E-state index contributed by atoms with van der Waals surface area (Å²) >= 11 is 6.27. The molecule has 1 fully saturated rings. The fourth-order valence-electron chi connectivity index (χ4n) is 4.21. The molecule has 1 aliphatic rings. The number of piperidine rings is 1. The molecule has 1 atom stereocenters. The number of aryl methyl sites for hydroxylation is 2. The maximum absolute atomic E-state index is 13.4. The van der Waals surface area contributed by atoms with Crippen LogP contribution in [0.2, 0.25) is 5.02 Å². The molecule has 1 amide bonds. The van der Waals surface area contributed by atoms with E-state index >= 15 is 0 Å². The molecule has 0 aliphatic carbocycles. The van der Waals surface area contributed by atoms with E-state index in [4.69, 9.17) is 25.2 Å². The highest BCUT2D eigenvalue weighted by molar-refractivity contribution is 6.32. The molecular formula is C26H31ClN2O4. The van der Waals surface area contributed by atoms with E-state index in [1.807, 2.05) is 50.2 Å². The Morgan fingerprint density at radius 1 is 1.09 bits per heavy atom. The Hall–Kier alpha value is -2.86. The van der Waals surface area contributed by atoms with E-state index < -0.39 is 6.10 Å². The average molecular weight is 471 g/mol. The van der Waals surface area contributed by atoms with Crippen molar-refractivity contribution in [2.24, 2.45) is 0 Å². The number of carbonyl (C=O) groups excluding carboxylic acids is 1. The van der Waals surface area contributed by atoms with Crippen LogP contribution in [0, 0.1) is 13.8 Å². The van der Waals surface area contributed by atoms with Crippen molar-refractivity contribution < 1.29 is 18.4 Å². The first kappa shape index (κ1) is 23.3. The van der Waals surface area contributed by atoms with Gasteiger partial charge in [-0.05, 0) is 81.5 Å². The van der Waals surface area contributed by atoms with Crippen molar-refractivity contribution in [3.63, 3.8) is 0 Å². The van der Waals surface area contributed by atoms with Crippen molar-refractivity contribution >= 4 is 23.4 Å². The van der Waals surface area contributed by atoms with E-state index in [-0.39, 0.29) is 5.91 Å². The predicted molar refractivity (Wildman–Crippen MR) is 129 cm³/mol. The van der Waals surface area contributed by atoms with Crippen molar-refractivity contribution in [2.45, 2.75) is 59.2 Å². The monoisotopic (exact) mass is 470 g/mol. The number of rotatable bonds is 8. The topological polar surface area (TPSA) is 59.1 Å². The number of ether oxygens (including phenoxy) is 1. The lowest BCUT2D eigenvalue weighted by molar-refractivity contribution is -0.139. The van der Waals surface area contributed by atoms with Gasteiger partial charge in [-0.15, -0.1) is 0 Å². The maximum atomic E-state index is 13.4. The average Bonchev–Trinajstić information content (AvgIpc) is 3.49. The van der Waals surface area contributed by atoms with Gasteiger partial charge < -0.3 is 23.4 Å². The van der Waals surface area contributed by atoms with Gasteiger partial charge in [0.2, 0.25) is 0 Å². The van der Waals surface area contributed by atoms with Crippen molar-refractivity contribution in [3.8, 4) is 5.75 Å². The number of hydrogen-bond donors (Lipinski definition) is 0. The Labute approximate surface area is 200 Å². The summed E-state index contributed by atoms with van der Waals surface area (Å²) in [5, 5.41) is 0.711. The molecule has 1 saturated heterocycles. The maximum Gasteiger partial charge on any atom is 0.264 e. The lowest BCUT2D eigenvalue weighted by atomic mass is 10.1. The van der Waals surface area contributed by atoms with E-state index in [0.717, 1.165) is 35.9 Å². The largest absolute Gasteiger partial charge is 0.481 e. The lowest BCUT2D eigenvalue weighted by Crippen LogP contribution is -2.39. The summed E-state index contributed by atoms with van der Waals surface area (Å²) in [4.78, 5) is 17.4. The van der Waals surface area contributed by atoms with Crippen LogP contribution in [0.15, 0.2) is 51.5 Å². The molecule has 2 aromatic heterocycles. The molecule has 3 heterocycles. The first-order chi connectivity index (χ1) is 15.9. The van der Waals surface area contributed by atoms with Gasteiger partial charge in [-0.3, -0.25) is 4.79 Å². The van der Waals surface area contributed by atoms with E-state index in [1.165, 1.54) is 19.3 Å². The molecule has 176 valence electrons. The number of furan rings is 2. The molecule has 3 aromatic rings. The third-order valence-corrected chi connectivity index (χ3v) is 6.57. The van der Waals surface area contributed by atoms with E-state index in [0.29, 0.717) is 29.6 Å². The summed E-state index contributed by atoms with van der Waals surface area (Å²) in [6.07, 6.45) is 4.55. The second-order valence-electron chi connectivity index (χ2n) is 8.69. The van der Waals surface area contributed by atoms with E-state index in [1.54, 1.807) is 18.1 Å². The van der Waals surface area contributed by atoms with Crippen LogP contribution in [-0.2, 0) is 17.9 Å². The molecule has 1 unspecified atom stereocenters. The molecule has 0 saturated carbocycles. The standard InChI is InChI=1S/C26H31ClN2O4/c1-18-14-23(15-19(2)25(18)27)32-20(3)26(30)29(16-21-8-7-13-31-21)17-22-9-10-24(33-22)28-11-5-4-6-12-28/h7-10,13-15,20H,4-6,11-12,16-17H2,1-3H3. The highest BCUT2D eigenvalue weighted by Gasteiger charge is 2.25. The zero-order valence-corrected chi connectivity index (χ0v) is 20.2. The van der Waals surface area contributed by atoms with Gasteiger partial charge in [0.05, 0.1) is 19.4 Å². The number of anilines is 1. The third kappa shape index (κ3) is 5.74. The summed E-state index contributed by atoms with van der Waals surface area (Å²) in [5.74, 6) is 2.79. The molecular weight excluding hydrogens is 440 g/mol. The number of benzene rings is 1. The normalized spacial score (nSPS) is 14.8. The lowest BCUT2D eigenvalue weighted by Gasteiger charge is -2.26. The minimum atomic E-state index is -0.684. The van der Waals surface area contributed by atoms with E-state index in [2.05, 4.69) is 4.90 Å². The molecule has 7 heteroatoms. The van der Waals surface area contributed by atoms with Gasteiger partial charge >= 0.3 is 0 Å². The number of amides is 1. The minimum absolute atomic E-state index is 0.146. The zero-order valence-electron chi connectivity index (χ0n) is 19.5. The molecule has 1 aromatic carbocycles. The molecule has 0 spiro atoms. The molecule has 0 bridgehead atoms. The number of hydrogen-bond acceptors (Lipinski definition) is 5. The van der Waals surface area contributed by atoms with Crippen molar-refractivity contribution in [1.82, 2.24) is 4.90 Å². The predicted octanol–water partition coefficient (Wildman–Crippen LogP) is 6.13. The van der Waals surface area contributed by atoms with Crippen LogP contribution >= 0.6 is 11.6 Å². The molecule has 1 aliphatic heterocycles. The van der Waals surface area contributed by atoms with Crippen LogP contribution < -0.4 is 9.64 Å². The molecule has 0 N–H and O–H groups in total. The Bertz CT molecular complexity index is 1050. The van der Waals surface area contributed by atoms with Crippen LogP contribution in [0.1, 0.15) is 48.8 Å². The van der Waals surface area contributed by atoms with Gasteiger partial charge in [0.25, 0.3) is 5.91 Å². The number of carbonyl (C=O) groups is 1. The molecule has 0 radical (unpaired) electrons. The highest BCUT2D eigenvalue weighted by atomic mass is 35.5. The fourth-order valence-corrected chi connectivity index (χ4v) is 4.32. The molecule has 6 nitrogen and oxygen atoms in total. The summed E-state index contributed by atoms with van der Waals surface area (Å²) in [6, 6.07) is 11.3. The van der Waals surface area contributed by atoms with Crippen molar-refractivity contribution in [2.75, 3.05) is 18.0 Å². The third-order valence-electron chi connectivity index (χ3n) is 5.97. The van der Waals surface area contributed by atoms with Crippen LogP contribution in [0.25, 0.3) is 0 Å². The molecule has 33 heavy (non-hydrogen) atoms. The Morgan fingerprint density at radius 3 is 2.45 bits per heavy atom. The van der Waals surface area contributed by atoms with Crippen LogP contribution in [0.4, 0.5) is 5.88 Å². The second-order valence-corrected chi connectivity index (χ2v) is 9.07. The number of halogens is 1. The highest BCUT2D eigenvalue weighted by Crippen LogP contribution is 2.27. The van der Waals surface area contributed by atoms with Gasteiger partial charge in [-0.2, -0.15) is 0 Å². The Kier molecular flexibility index (Phi) is 7.33. The van der Waals surface area contributed by atoms with Gasteiger partial charge in [0.1, 0.15) is 17.3 Å². The summed E-state index contributed by atoms with van der Waals surface area (Å²) in [6.45, 7) is 8.29. The van der Waals surface area contributed by atoms with Gasteiger partial charge in [-0.1, -0.05) is 11.6 Å². The first-order valence-corrected chi connectivity index (χ1v) is 11.9. The second kappa shape index (κ2) is 10.4.